The molecule has 0 saturated heterocycles. The highest BCUT2D eigenvalue weighted by Gasteiger charge is 2.33. The summed E-state index contributed by atoms with van der Waals surface area (Å²) in [7, 11) is 0. The summed E-state index contributed by atoms with van der Waals surface area (Å²) in [6.45, 7) is 0. The molecule has 8 heteroatoms. The number of hydrogen-bond acceptors (Lipinski definition) is 4. The van der Waals surface area contributed by atoms with E-state index in [0.29, 0.717) is 5.65 Å². The number of nitrogens with two attached hydrogens (primary N) is 1. The third kappa shape index (κ3) is 2.47. The summed E-state index contributed by atoms with van der Waals surface area (Å²) >= 11 is 0. The van der Waals surface area contributed by atoms with Crippen molar-refractivity contribution in [2.24, 2.45) is 0 Å². The van der Waals surface area contributed by atoms with Crippen LogP contribution >= 0.6 is 0 Å². The number of nitrogens with one attached hydrogen (secondary N) is 1. The Balaban J connectivity index is 2.09. The first-order chi connectivity index (χ1) is 9.95. The molecule has 0 unspecified atom stereocenters. The molecule has 108 valence electrons. The van der Waals surface area contributed by atoms with Crippen molar-refractivity contribution in [3.05, 3.63) is 48.4 Å². The number of aromatic nitrogens is 3. The van der Waals surface area contributed by atoms with Crippen LogP contribution in [0.15, 0.2) is 42.9 Å². The van der Waals surface area contributed by atoms with Gasteiger partial charge in [0.2, 0.25) is 0 Å². The number of halogens is 3. The molecule has 2 heterocycles. The van der Waals surface area contributed by atoms with E-state index >= 15 is 0 Å². The zero-order valence-corrected chi connectivity index (χ0v) is 10.6. The van der Waals surface area contributed by atoms with Gasteiger partial charge in [-0.3, -0.25) is 0 Å². The fourth-order valence-corrected chi connectivity index (χ4v) is 2.00. The number of anilines is 3. The molecule has 0 fully saturated rings. The number of rotatable bonds is 2. The van der Waals surface area contributed by atoms with Crippen molar-refractivity contribution in [2.45, 2.75) is 6.18 Å². The van der Waals surface area contributed by atoms with Gasteiger partial charge in [0, 0.05) is 12.4 Å². The molecule has 2 aromatic heterocycles. The minimum Gasteiger partial charge on any atom is -0.382 e. The number of imidazole rings is 1. The molecule has 3 N–H and O–H groups in total. The van der Waals surface area contributed by atoms with E-state index in [-0.39, 0.29) is 17.3 Å². The summed E-state index contributed by atoms with van der Waals surface area (Å²) in [5.74, 6) is 0.337. The van der Waals surface area contributed by atoms with Crippen LogP contribution in [0.5, 0.6) is 0 Å². The number of benzene rings is 1. The number of hydrogen-bond donors (Lipinski definition) is 2. The van der Waals surface area contributed by atoms with Gasteiger partial charge in [0.05, 0.1) is 17.4 Å². The average molecular weight is 293 g/mol. The molecule has 0 aliphatic carbocycles. The Morgan fingerprint density at radius 2 is 1.95 bits per heavy atom. The molecule has 0 amide bonds. The Bertz CT molecular complexity index is 794. The Kier molecular flexibility index (Phi) is 2.93. The molecule has 0 aliphatic heterocycles. The number of nitrogens with zero attached hydrogens (tertiary/aromatic N) is 3. The topological polar surface area (TPSA) is 68.2 Å². The van der Waals surface area contributed by atoms with Gasteiger partial charge in [-0.2, -0.15) is 13.2 Å². The minimum absolute atomic E-state index is 0.104. The van der Waals surface area contributed by atoms with Crippen LogP contribution in [-0.4, -0.2) is 14.4 Å². The van der Waals surface area contributed by atoms with E-state index in [1.807, 2.05) is 0 Å². The van der Waals surface area contributed by atoms with E-state index < -0.39 is 11.7 Å². The lowest BCUT2D eigenvalue weighted by Gasteiger charge is -2.14. The fourth-order valence-electron chi connectivity index (χ4n) is 2.00. The van der Waals surface area contributed by atoms with Crippen LogP contribution in [0.3, 0.4) is 0 Å². The highest BCUT2D eigenvalue weighted by Crippen LogP contribution is 2.36. The van der Waals surface area contributed by atoms with Gasteiger partial charge in [-0.05, 0) is 12.1 Å². The molecule has 5 nitrogen and oxygen atoms in total. The second-order valence-corrected chi connectivity index (χ2v) is 4.34. The maximum absolute atomic E-state index is 13.0. The molecular formula is C13H10F3N5. The largest absolute Gasteiger partial charge is 0.418 e. The molecule has 0 aliphatic rings. The fraction of sp³-hybridized carbons (Fsp3) is 0.0769. The predicted molar refractivity (Wildman–Crippen MR) is 72.1 cm³/mol. The van der Waals surface area contributed by atoms with Crippen LogP contribution in [0.1, 0.15) is 5.56 Å². The lowest BCUT2D eigenvalue weighted by molar-refractivity contribution is -0.136. The molecule has 3 rings (SSSR count). The first-order valence-corrected chi connectivity index (χ1v) is 5.97. The lowest BCUT2D eigenvalue weighted by Crippen LogP contribution is -2.10. The van der Waals surface area contributed by atoms with Crippen molar-refractivity contribution in [3.8, 4) is 0 Å². The number of nitrogen functional groups attached to an aromatic ring is 1. The van der Waals surface area contributed by atoms with Crippen LogP contribution in [0, 0.1) is 0 Å². The van der Waals surface area contributed by atoms with E-state index in [0.717, 1.165) is 6.07 Å². The smallest absolute Gasteiger partial charge is 0.382 e. The monoisotopic (exact) mass is 293 g/mol. The van der Waals surface area contributed by atoms with Gasteiger partial charge in [-0.15, -0.1) is 0 Å². The first-order valence-electron chi connectivity index (χ1n) is 5.97. The van der Waals surface area contributed by atoms with E-state index in [2.05, 4.69) is 15.3 Å². The van der Waals surface area contributed by atoms with Gasteiger partial charge >= 0.3 is 6.18 Å². The molecule has 0 atom stereocenters. The number of alkyl halides is 3. The van der Waals surface area contributed by atoms with E-state index in [1.54, 1.807) is 10.6 Å². The van der Waals surface area contributed by atoms with Gasteiger partial charge in [0.15, 0.2) is 11.5 Å². The summed E-state index contributed by atoms with van der Waals surface area (Å²) < 4.78 is 40.5. The van der Waals surface area contributed by atoms with E-state index in [4.69, 9.17) is 5.73 Å². The quantitative estimate of drug-likeness (QED) is 0.762. The average Bonchev–Trinajstić information content (AvgIpc) is 2.86. The SMILES string of the molecule is Nc1cn2ccnc2c(Nc2ccccc2C(F)(F)F)n1. The van der Waals surface area contributed by atoms with Gasteiger partial charge in [0.1, 0.15) is 5.82 Å². The van der Waals surface area contributed by atoms with E-state index in [9.17, 15) is 13.2 Å². The van der Waals surface area contributed by atoms with Crippen molar-refractivity contribution < 1.29 is 13.2 Å². The van der Waals surface area contributed by atoms with Crippen LogP contribution in [0.2, 0.25) is 0 Å². The molecule has 1 aromatic carbocycles. The van der Waals surface area contributed by atoms with Crippen LogP contribution in [0.4, 0.5) is 30.5 Å². The summed E-state index contributed by atoms with van der Waals surface area (Å²) in [6, 6.07) is 5.16. The third-order valence-electron chi connectivity index (χ3n) is 2.88. The number of para-hydroxylation sites is 1. The molecule has 0 radical (unpaired) electrons. The number of fused-ring (bicyclic) bond motifs is 1. The summed E-state index contributed by atoms with van der Waals surface area (Å²) in [4.78, 5) is 8.06. The van der Waals surface area contributed by atoms with Gasteiger partial charge in [-0.25, -0.2) is 9.97 Å². The van der Waals surface area contributed by atoms with Crippen LogP contribution < -0.4 is 11.1 Å². The minimum atomic E-state index is -4.46. The van der Waals surface area contributed by atoms with Crippen molar-refractivity contribution in [2.75, 3.05) is 11.1 Å². The third-order valence-corrected chi connectivity index (χ3v) is 2.88. The lowest BCUT2D eigenvalue weighted by atomic mass is 10.1. The summed E-state index contributed by atoms with van der Waals surface area (Å²) in [5, 5.41) is 2.65. The molecule has 0 spiro atoms. The molecular weight excluding hydrogens is 283 g/mol. The van der Waals surface area contributed by atoms with Crippen molar-refractivity contribution in [1.29, 1.82) is 0 Å². The van der Waals surface area contributed by atoms with E-state index in [1.165, 1.54) is 30.6 Å². The van der Waals surface area contributed by atoms with Gasteiger partial charge in [-0.1, -0.05) is 12.1 Å². The predicted octanol–water partition coefficient (Wildman–Crippen LogP) is 3.07. The highest BCUT2D eigenvalue weighted by molar-refractivity contribution is 5.73. The van der Waals surface area contributed by atoms with Crippen LogP contribution in [0.25, 0.3) is 5.65 Å². The molecule has 3 aromatic rings. The molecule has 0 bridgehead atoms. The zero-order chi connectivity index (χ0) is 15.0. The van der Waals surface area contributed by atoms with Crippen LogP contribution in [-0.2, 0) is 6.18 Å². The Labute approximate surface area is 117 Å². The van der Waals surface area contributed by atoms with Gasteiger partial charge in [0.25, 0.3) is 0 Å². The standard InChI is InChI=1S/C13H10F3N5/c14-13(15,16)8-3-1-2-4-9(8)19-11-12-18-5-6-21(12)7-10(17)20-11/h1-7H,17H2,(H,19,20). The maximum Gasteiger partial charge on any atom is 0.418 e. The molecule has 21 heavy (non-hydrogen) atoms. The normalized spacial score (nSPS) is 11.8. The van der Waals surface area contributed by atoms with Gasteiger partial charge < -0.3 is 15.5 Å². The Morgan fingerprint density at radius 3 is 2.71 bits per heavy atom. The van der Waals surface area contributed by atoms with Crippen molar-refractivity contribution in [1.82, 2.24) is 14.4 Å². The molecule has 0 saturated carbocycles. The summed E-state index contributed by atoms with van der Waals surface area (Å²) in [6.07, 6.45) is 0.213. The Morgan fingerprint density at radius 1 is 1.19 bits per heavy atom. The highest BCUT2D eigenvalue weighted by atomic mass is 19.4. The zero-order valence-electron chi connectivity index (χ0n) is 10.6. The maximum atomic E-state index is 13.0. The Hall–Kier alpha value is -2.77. The first kappa shape index (κ1) is 13.2. The summed E-state index contributed by atoms with van der Waals surface area (Å²) in [5.41, 5.74) is 5.15. The second kappa shape index (κ2) is 4.65. The van der Waals surface area contributed by atoms with Crippen molar-refractivity contribution in [3.63, 3.8) is 0 Å². The van der Waals surface area contributed by atoms with Crippen molar-refractivity contribution >= 4 is 23.0 Å². The second-order valence-electron chi connectivity index (χ2n) is 4.34.